The Morgan fingerprint density at radius 3 is 2.45 bits per heavy atom. The van der Waals surface area contributed by atoms with E-state index in [1.807, 2.05) is 0 Å². The van der Waals surface area contributed by atoms with Crippen molar-refractivity contribution in [3.8, 4) is 0 Å². The second-order valence-electron chi connectivity index (χ2n) is 4.96. The highest BCUT2D eigenvalue weighted by Gasteiger charge is 2.23. The molecule has 2 heterocycles. The van der Waals surface area contributed by atoms with Gasteiger partial charge in [-0.3, -0.25) is 0 Å². The maximum atomic E-state index is 12.2. The molecule has 0 radical (unpaired) electrons. The van der Waals surface area contributed by atoms with Gasteiger partial charge in [0.2, 0.25) is 5.03 Å². The molecule has 1 aromatic heterocycles. The Morgan fingerprint density at radius 2 is 1.90 bits per heavy atom. The van der Waals surface area contributed by atoms with Crippen LogP contribution in [-0.4, -0.2) is 54.5 Å². The molecule has 114 valence electrons. The van der Waals surface area contributed by atoms with E-state index in [-0.39, 0.29) is 9.63 Å². The van der Waals surface area contributed by atoms with E-state index >= 15 is 0 Å². The van der Waals surface area contributed by atoms with Crippen LogP contribution >= 0.6 is 15.9 Å². The molecule has 2 rings (SSSR count). The highest BCUT2D eigenvalue weighted by atomic mass is 79.9. The van der Waals surface area contributed by atoms with Crippen LogP contribution in [0.25, 0.3) is 0 Å². The minimum absolute atomic E-state index is 0.0633. The van der Waals surface area contributed by atoms with Crippen LogP contribution in [-0.2, 0) is 17.1 Å². The van der Waals surface area contributed by atoms with Crippen LogP contribution in [0.3, 0.4) is 0 Å². The lowest BCUT2D eigenvalue weighted by atomic mass is 10.2. The molecule has 0 unspecified atom stereocenters. The van der Waals surface area contributed by atoms with Gasteiger partial charge in [-0.05, 0) is 41.9 Å². The molecule has 1 N–H and O–H groups in total. The Bertz CT molecular complexity index is 518. The van der Waals surface area contributed by atoms with E-state index in [1.165, 1.54) is 30.4 Å². The second kappa shape index (κ2) is 6.97. The van der Waals surface area contributed by atoms with Crippen molar-refractivity contribution in [2.75, 3.05) is 26.2 Å². The number of halogens is 1. The lowest BCUT2D eigenvalue weighted by Gasteiger charge is -2.19. The smallest absolute Gasteiger partial charge is 0.260 e. The zero-order chi connectivity index (χ0) is 14.6. The molecule has 0 spiro atoms. The number of hydrogen-bond acceptors (Lipinski definition) is 5. The van der Waals surface area contributed by atoms with Gasteiger partial charge < -0.3 is 4.90 Å². The predicted octanol–water partition coefficient (Wildman–Crippen LogP) is 0.732. The van der Waals surface area contributed by atoms with Gasteiger partial charge in [0.15, 0.2) is 4.60 Å². The molecule has 0 bridgehead atoms. The number of aryl methyl sites for hydroxylation is 1. The first-order valence-corrected chi connectivity index (χ1v) is 9.05. The Hall–Kier alpha value is -0.510. The highest BCUT2D eigenvalue weighted by molar-refractivity contribution is 9.10. The Labute approximate surface area is 127 Å². The second-order valence-corrected chi connectivity index (χ2v) is 7.40. The molecule has 1 aliphatic rings. The fraction of sp³-hybridized carbons (Fsp3) is 0.818. The van der Waals surface area contributed by atoms with Gasteiger partial charge in [0, 0.05) is 20.1 Å². The largest absolute Gasteiger partial charge is 0.302 e. The fourth-order valence-corrected chi connectivity index (χ4v) is 4.48. The fourth-order valence-electron chi connectivity index (χ4n) is 2.37. The van der Waals surface area contributed by atoms with Crippen molar-refractivity contribution in [1.82, 2.24) is 24.6 Å². The molecule has 7 nitrogen and oxygen atoms in total. The van der Waals surface area contributed by atoms with Crippen molar-refractivity contribution in [3.63, 3.8) is 0 Å². The third kappa shape index (κ3) is 4.00. The summed E-state index contributed by atoms with van der Waals surface area (Å²) < 4.78 is 28.5. The molecule has 20 heavy (non-hydrogen) atoms. The molecular weight excluding hydrogens is 346 g/mol. The maximum absolute atomic E-state index is 12.2. The summed E-state index contributed by atoms with van der Waals surface area (Å²) in [5, 5.41) is 7.44. The molecule has 9 heteroatoms. The van der Waals surface area contributed by atoms with E-state index in [9.17, 15) is 8.42 Å². The molecule has 0 aromatic carbocycles. The monoisotopic (exact) mass is 365 g/mol. The number of sulfonamides is 1. The van der Waals surface area contributed by atoms with E-state index in [0.29, 0.717) is 6.54 Å². The van der Waals surface area contributed by atoms with Crippen LogP contribution in [0, 0.1) is 0 Å². The standard InChI is InChI=1S/C11H20BrN5O2S/c1-16-11(10(12)14-15-16)20(18,19)13-6-9-17-7-4-2-3-5-8-17/h13H,2-9H2,1H3. The lowest BCUT2D eigenvalue weighted by Crippen LogP contribution is -2.36. The summed E-state index contributed by atoms with van der Waals surface area (Å²) in [5.41, 5.74) is 0. The van der Waals surface area contributed by atoms with Gasteiger partial charge in [0.1, 0.15) is 0 Å². The zero-order valence-corrected chi connectivity index (χ0v) is 14.0. The molecule has 0 atom stereocenters. The summed E-state index contributed by atoms with van der Waals surface area (Å²) in [6.45, 7) is 3.25. The van der Waals surface area contributed by atoms with E-state index in [4.69, 9.17) is 0 Å². The van der Waals surface area contributed by atoms with Crippen LogP contribution in [0.4, 0.5) is 0 Å². The van der Waals surface area contributed by atoms with Gasteiger partial charge in [-0.25, -0.2) is 17.8 Å². The van der Waals surface area contributed by atoms with Crippen LogP contribution in [0.5, 0.6) is 0 Å². The molecule has 1 aliphatic heterocycles. The van der Waals surface area contributed by atoms with E-state index in [2.05, 4.69) is 35.9 Å². The average Bonchev–Trinajstić information content (AvgIpc) is 2.61. The molecular formula is C11H20BrN5O2S. The van der Waals surface area contributed by atoms with Gasteiger partial charge in [-0.1, -0.05) is 18.1 Å². The summed E-state index contributed by atoms with van der Waals surface area (Å²) in [4.78, 5) is 2.31. The van der Waals surface area contributed by atoms with Crippen LogP contribution in [0.2, 0.25) is 0 Å². The first-order chi connectivity index (χ1) is 9.50. The summed E-state index contributed by atoms with van der Waals surface area (Å²) in [7, 11) is -2.02. The average molecular weight is 366 g/mol. The highest BCUT2D eigenvalue weighted by Crippen LogP contribution is 2.17. The van der Waals surface area contributed by atoms with Gasteiger partial charge in [0.25, 0.3) is 10.0 Å². The van der Waals surface area contributed by atoms with Gasteiger partial charge in [-0.2, -0.15) is 0 Å². The number of likely N-dealkylation sites (tertiary alicyclic amines) is 1. The Balaban J connectivity index is 1.89. The van der Waals surface area contributed by atoms with Gasteiger partial charge in [0.05, 0.1) is 0 Å². The molecule has 1 saturated heterocycles. The number of nitrogens with zero attached hydrogens (tertiary/aromatic N) is 4. The molecule has 0 saturated carbocycles. The number of nitrogens with one attached hydrogen (secondary N) is 1. The SMILES string of the molecule is Cn1nnc(Br)c1S(=O)(=O)NCCN1CCCCCC1. The topological polar surface area (TPSA) is 80.1 Å². The van der Waals surface area contributed by atoms with Crippen LogP contribution < -0.4 is 4.72 Å². The van der Waals surface area contributed by atoms with Crippen molar-refractivity contribution in [1.29, 1.82) is 0 Å². The molecule has 1 fully saturated rings. The first-order valence-electron chi connectivity index (χ1n) is 6.78. The lowest BCUT2D eigenvalue weighted by molar-refractivity contribution is 0.290. The van der Waals surface area contributed by atoms with Crippen molar-refractivity contribution >= 4 is 26.0 Å². The van der Waals surface area contributed by atoms with Crippen molar-refractivity contribution in [3.05, 3.63) is 4.60 Å². The quantitative estimate of drug-likeness (QED) is 0.831. The summed E-state index contributed by atoms with van der Waals surface area (Å²) in [5.74, 6) is 0. The number of aromatic nitrogens is 3. The predicted molar refractivity (Wildman–Crippen MR) is 78.8 cm³/mol. The van der Waals surface area contributed by atoms with Crippen molar-refractivity contribution in [2.45, 2.75) is 30.7 Å². The maximum Gasteiger partial charge on any atom is 0.260 e. The minimum Gasteiger partial charge on any atom is -0.302 e. The van der Waals surface area contributed by atoms with E-state index in [0.717, 1.165) is 19.6 Å². The number of rotatable bonds is 5. The van der Waals surface area contributed by atoms with E-state index in [1.54, 1.807) is 7.05 Å². The third-order valence-corrected chi connectivity index (χ3v) is 5.76. The van der Waals surface area contributed by atoms with E-state index < -0.39 is 10.0 Å². The molecule has 0 aliphatic carbocycles. The summed E-state index contributed by atoms with van der Waals surface area (Å²) in [6, 6.07) is 0. The summed E-state index contributed by atoms with van der Waals surface area (Å²) >= 11 is 3.11. The normalized spacial score (nSPS) is 18.1. The van der Waals surface area contributed by atoms with Gasteiger partial charge >= 0.3 is 0 Å². The van der Waals surface area contributed by atoms with Crippen molar-refractivity contribution in [2.24, 2.45) is 7.05 Å². The minimum atomic E-state index is -3.57. The molecule has 0 amide bonds. The van der Waals surface area contributed by atoms with Gasteiger partial charge in [-0.15, -0.1) is 5.10 Å². The third-order valence-electron chi connectivity index (χ3n) is 3.41. The zero-order valence-electron chi connectivity index (χ0n) is 11.5. The van der Waals surface area contributed by atoms with Crippen LogP contribution in [0.15, 0.2) is 9.63 Å². The number of hydrogen-bond donors (Lipinski definition) is 1. The van der Waals surface area contributed by atoms with Crippen LogP contribution in [0.1, 0.15) is 25.7 Å². The Kier molecular flexibility index (Phi) is 5.53. The summed E-state index contributed by atoms with van der Waals surface area (Å²) in [6.07, 6.45) is 4.94. The van der Waals surface area contributed by atoms with Crippen molar-refractivity contribution < 1.29 is 8.42 Å². The Morgan fingerprint density at radius 1 is 1.25 bits per heavy atom. The molecule has 1 aromatic rings. The first kappa shape index (κ1) is 15.9.